The van der Waals surface area contributed by atoms with E-state index in [1.165, 1.54) is 6.20 Å². The zero-order valence-corrected chi connectivity index (χ0v) is 26.0. The summed E-state index contributed by atoms with van der Waals surface area (Å²) in [6.45, 7) is 5.21. The Labute approximate surface area is 261 Å². The normalized spacial score (nSPS) is 24.5. The summed E-state index contributed by atoms with van der Waals surface area (Å²) in [5.74, 6) is -8.33. The molecule has 2 unspecified atom stereocenters. The number of aliphatic carboxylic acids is 1. The van der Waals surface area contributed by atoms with Crippen LogP contribution in [0.1, 0.15) is 81.9 Å². The Morgan fingerprint density at radius 3 is 2.38 bits per heavy atom. The van der Waals surface area contributed by atoms with Crippen molar-refractivity contribution in [3.05, 3.63) is 54.1 Å². The minimum atomic E-state index is -3.06. The fraction of sp³-hybridized carbons (Fsp3) is 0.606. The molecule has 2 aliphatic carbocycles. The smallest absolute Gasteiger partial charge is 0.326 e. The Kier molecular flexibility index (Phi) is 9.32. The molecule has 1 aliphatic heterocycles. The van der Waals surface area contributed by atoms with E-state index >= 15 is 0 Å². The van der Waals surface area contributed by atoms with Crippen LogP contribution in [0.2, 0.25) is 0 Å². The molecule has 12 heteroatoms. The molecule has 0 bridgehead atoms. The van der Waals surface area contributed by atoms with Gasteiger partial charge in [-0.25, -0.2) is 18.6 Å². The van der Waals surface area contributed by atoms with Gasteiger partial charge in [-0.1, -0.05) is 70.4 Å². The molecule has 10 nitrogen and oxygen atoms in total. The molecule has 1 saturated heterocycles. The minimum Gasteiger partial charge on any atom is -0.480 e. The van der Waals surface area contributed by atoms with Gasteiger partial charge in [0.15, 0.2) is 5.82 Å². The molecule has 2 heterocycles. The maximum absolute atomic E-state index is 14.7. The number of carbonyl (C=O) groups is 4. The van der Waals surface area contributed by atoms with E-state index in [1.807, 2.05) is 30.3 Å². The molecule has 2 saturated carbocycles. The van der Waals surface area contributed by atoms with Gasteiger partial charge >= 0.3 is 5.97 Å². The van der Waals surface area contributed by atoms with Crippen molar-refractivity contribution in [1.82, 2.24) is 25.1 Å². The van der Waals surface area contributed by atoms with Gasteiger partial charge in [0.25, 0.3) is 11.8 Å². The first-order valence-electron chi connectivity index (χ1n) is 15.9. The quantitative estimate of drug-likeness (QED) is 0.384. The van der Waals surface area contributed by atoms with E-state index in [1.54, 1.807) is 31.5 Å². The number of hydrogen-bond acceptors (Lipinski definition) is 5. The lowest BCUT2D eigenvalue weighted by molar-refractivity contribution is -0.152. The average Bonchev–Trinajstić information content (AvgIpc) is 3.70. The first kappa shape index (κ1) is 32.6. The van der Waals surface area contributed by atoms with E-state index in [-0.39, 0.29) is 24.7 Å². The number of halogens is 2. The summed E-state index contributed by atoms with van der Waals surface area (Å²) >= 11 is 0. The predicted octanol–water partition coefficient (Wildman–Crippen LogP) is 4.10. The summed E-state index contributed by atoms with van der Waals surface area (Å²) < 4.78 is 31.0. The van der Waals surface area contributed by atoms with Crippen LogP contribution in [0.5, 0.6) is 0 Å². The highest BCUT2D eigenvalue weighted by Gasteiger charge is 2.61. The number of rotatable bonds is 9. The third kappa shape index (κ3) is 6.89. The van der Waals surface area contributed by atoms with Crippen LogP contribution in [-0.2, 0) is 20.9 Å². The third-order valence-electron chi connectivity index (χ3n) is 9.75. The lowest BCUT2D eigenvalue weighted by Gasteiger charge is -2.37. The minimum absolute atomic E-state index is 0.0147. The van der Waals surface area contributed by atoms with E-state index in [2.05, 4.69) is 15.6 Å². The largest absolute Gasteiger partial charge is 0.480 e. The number of likely N-dealkylation sites (tertiary alicyclic amines) is 1. The number of carbonyl (C=O) groups excluding carboxylic acids is 3. The molecule has 3 aliphatic rings. The molecule has 3 N–H and O–H groups in total. The van der Waals surface area contributed by atoms with Crippen molar-refractivity contribution in [2.45, 2.75) is 96.3 Å². The summed E-state index contributed by atoms with van der Waals surface area (Å²) in [5, 5.41) is 15.7. The van der Waals surface area contributed by atoms with Crippen molar-refractivity contribution >= 4 is 23.7 Å². The van der Waals surface area contributed by atoms with Gasteiger partial charge in [-0.15, -0.1) is 0 Å². The number of nitrogens with zero attached hydrogens (tertiary/aromatic N) is 3. The number of amides is 3. The van der Waals surface area contributed by atoms with Gasteiger partial charge in [0.1, 0.15) is 18.1 Å². The van der Waals surface area contributed by atoms with Gasteiger partial charge in [-0.3, -0.25) is 14.4 Å². The summed E-state index contributed by atoms with van der Waals surface area (Å²) in [6.07, 6.45) is 7.03. The zero-order chi connectivity index (χ0) is 32.5. The van der Waals surface area contributed by atoms with Crippen LogP contribution in [0.15, 0.2) is 42.7 Å². The molecular weight excluding hydrogens is 584 g/mol. The number of imidazole rings is 1. The van der Waals surface area contributed by atoms with Crippen LogP contribution in [0.4, 0.5) is 8.78 Å². The van der Waals surface area contributed by atoms with Gasteiger partial charge < -0.3 is 25.2 Å². The van der Waals surface area contributed by atoms with E-state index in [0.717, 1.165) is 29.7 Å². The Morgan fingerprint density at radius 2 is 1.73 bits per heavy atom. The molecule has 45 heavy (non-hydrogen) atoms. The summed E-state index contributed by atoms with van der Waals surface area (Å²) in [6, 6.07) is 6.01. The predicted molar refractivity (Wildman–Crippen MR) is 161 cm³/mol. The number of carboxylic acid groups (broad SMARTS) is 1. The number of nitrogens with one attached hydrogen (secondary N) is 2. The van der Waals surface area contributed by atoms with Gasteiger partial charge in [0.2, 0.25) is 11.8 Å². The molecule has 0 spiro atoms. The molecule has 5 atom stereocenters. The summed E-state index contributed by atoms with van der Waals surface area (Å²) in [5.41, 5.74) is 0.0874. The summed E-state index contributed by atoms with van der Waals surface area (Å²) in [4.78, 5) is 59.2. The molecule has 0 radical (unpaired) electrons. The van der Waals surface area contributed by atoms with Crippen molar-refractivity contribution in [2.75, 3.05) is 6.54 Å². The fourth-order valence-electron chi connectivity index (χ4n) is 7.35. The molecule has 5 rings (SSSR count). The Hall–Kier alpha value is -3.83. The number of benzene rings is 1. The maximum atomic E-state index is 14.7. The van der Waals surface area contributed by atoms with Crippen LogP contribution in [0.3, 0.4) is 0 Å². The van der Waals surface area contributed by atoms with E-state index in [9.17, 15) is 33.1 Å². The molecule has 1 aromatic heterocycles. The van der Waals surface area contributed by atoms with Crippen LogP contribution < -0.4 is 10.6 Å². The van der Waals surface area contributed by atoms with Gasteiger partial charge in [0.05, 0.1) is 0 Å². The molecule has 3 amide bonds. The van der Waals surface area contributed by atoms with Gasteiger partial charge in [0, 0.05) is 43.7 Å². The lowest BCUT2D eigenvalue weighted by atomic mass is 9.82. The van der Waals surface area contributed by atoms with Gasteiger partial charge in [-0.2, -0.15) is 0 Å². The third-order valence-corrected chi connectivity index (χ3v) is 9.75. The second-order valence-corrected chi connectivity index (χ2v) is 13.9. The standard InChI is InChI=1S/C33H43F2N5O5/c1-32(2,3)26(30(43)40-19-23-22(25(40)31(44)45)14-15-33(23,34)35)38-28(41)24(21-12-8-5-9-13-21)37-29(42)27-36-16-17-39(27)18-20-10-6-4-7-11-20/h4,6-7,10-11,16-17,21-26H,5,8-9,12-15,18-19H2,1-3H3,(H,37,42)(H,38,41)(H,44,45)/t22-,23-,24?,25?,26+/m0/s1. The number of carboxylic acids is 1. The van der Waals surface area contributed by atoms with Crippen molar-refractivity contribution in [1.29, 1.82) is 0 Å². The Bertz CT molecular complexity index is 1400. The molecule has 3 fully saturated rings. The Morgan fingerprint density at radius 1 is 1.04 bits per heavy atom. The topological polar surface area (TPSA) is 134 Å². The number of aromatic nitrogens is 2. The van der Waals surface area contributed by atoms with Crippen molar-refractivity contribution in [3.63, 3.8) is 0 Å². The van der Waals surface area contributed by atoms with Crippen LogP contribution in [-0.4, -0.2) is 73.8 Å². The van der Waals surface area contributed by atoms with Crippen molar-refractivity contribution < 1.29 is 33.1 Å². The van der Waals surface area contributed by atoms with E-state index < -0.39 is 71.4 Å². The van der Waals surface area contributed by atoms with Crippen LogP contribution >= 0.6 is 0 Å². The second kappa shape index (κ2) is 12.9. The van der Waals surface area contributed by atoms with E-state index in [4.69, 9.17) is 0 Å². The highest BCUT2D eigenvalue weighted by molar-refractivity contribution is 5.97. The number of hydrogen-bond donors (Lipinski definition) is 3. The van der Waals surface area contributed by atoms with Crippen LogP contribution in [0, 0.1) is 23.2 Å². The van der Waals surface area contributed by atoms with Crippen LogP contribution in [0.25, 0.3) is 0 Å². The molecular formula is C33H43F2N5O5. The van der Waals surface area contributed by atoms with Crippen molar-refractivity contribution in [3.8, 4) is 0 Å². The van der Waals surface area contributed by atoms with Crippen molar-refractivity contribution in [2.24, 2.45) is 23.2 Å². The fourth-order valence-corrected chi connectivity index (χ4v) is 7.35. The summed E-state index contributed by atoms with van der Waals surface area (Å²) in [7, 11) is 0. The highest BCUT2D eigenvalue weighted by atomic mass is 19.3. The highest BCUT2D eigenvalue weighted by Crippen LogP contribution is 2.51. The zero-order valence-electron chi connectivity index (χ0n) is 26.0. The first-order valence-corrected chi connectivity index (χ1v) is 15.9. The van der Waals surface area contributed by atoms with E-state index in [0.29, 0.717) is 19.4 Å². The monoisotopic (exact) mass is 627 g/mol. The molecule has 2 aromatic rings. The lowest BCUT2D eigenvalue weighted by Crippen LogP contribution is -2.61. The second-order valence-electron chi connectivity index (χ2n) is 13.9. The Balaban J connectivity index is 1.37. The number of alkyl halides is 2. The first-order chi connectivity index (χ1) is 21.3. The maximum Gasteiger partial charge on any atom is 0.326 e. The molecule has 244 valence electrons. The number of fused-ring (bicyclic) bond motifs is 1. The molecule has 1 aromatic carbocycles. The average molecular weight is 628 g/mol. The van der Waals surface area contributed by atoms with Gasteiger partial charge in [-0.05, 0) is 36.2 Å². The SMILES string of the molecule is CC(C)(C)[C@H](NC(=O)C(NC(=O)c1nccn1Cc1ccccc1)C1CCCCC1)C(=O)N1C[C@H]2[C@H](CCC2(F)F)C1C(=O)O.